The molecule has 1 aromatic heterocycles. The lowest BCUT2D eigenvalue weighted by Gasteiger charge is -2.16. The molecule has 2 aromatic rings. The maximum Gasteiger partial charge on any atom is 0.340 e. The lowest BCUT2D eigenvalue weighted by Crippen LogP contribution is -2.23. The molecule has 0 unspecified atom stereocenters. The number of rotatable bonds is 8. The summed E-state index contributed by atoms with van der Waals surface area (Å²) in [5.74, 6) is -0.132. The molecule has 9 heteroatoms. The van der Waals surface area contributed by atoms with Crippen molar-refractivity contribution in [2.45, 2.75) is 38.1 Å². The maximum atomic E-state index is 12.3. The molecular formula is C23H24N4O4S. The van der Waals surface area contributed by atoms with Crippen molar-refractivity contribution in [3.05, 3.63) is 47.2 Å². The second-order valence-corrected chi connectivity index (χ2v) is 8.23. The van der Waals surface area contributed by atoms with Crippen LogP contribution in [0.1, 0.15) is 47.8 Å². The van der Waals surface area contributed by atoms with E-state index in [0.29, 0.717) is 28.6 Å². The number of hydrogen-bond acceptors (Lipinski definition) is 7. The molecule has 1 aromatic carbocycles. The summed E-state index contributed by atoms with van der Waals surface area (Å²) in [6, 6.07) is 10.7. The van der Waals surface area contributed by atoms with Gasteiger partial charge in [-0.2, -0.15) is 5.26 Å². The van der Waals surface area contributed by atoms with Crippen LogP contribution in [0.5, 0.6) is 0 Å². The maximum absolute atomic E-state index is 12.3. The topological polar surface area (TPSA) is 112 Å². The number of carbonyl (C=O) groups is 3. The first-order chi connectivity index (χ1) is 15.4. The molecule has 1 aliphatic heterocycles. The van der Waals surface area contributed by atoms with Gasteiger partial charge in [0.25, 0.3) is 0 Å². The minimum absolute atomic E-state index is 0.120. The highest BCUT2D eigenvalue weighted by Crippen LogP contribution is 2.25. The Bertz CT molecular complexity index is 1060. The van der Waals surface area contributed by atoms with Gasteiger partial charge in [0.05, 0.1) is 23.4 Å². The quantitative estimate of drug-likeness (QED) is 0.480. The zero-order chi connectivity index (χ0) is 23.1. The Kier molecular flexibility index (Phi) is 7.84. The van der Waals surface area contributed by atoms with Crippen molar-refractivity contribution in [3.8, 4) is 6.07 Å². The van der Waals surface area contributed by atoms with Crippen molar-refractivity contribution in [1.82, 2.24) is 4.98 Å². The van der Waals surface area contributed by atoms with Crippen LogP contribution >= 0.6 is 11.8 Å². The Morgan fingerprint density at radius 2 is 2.06 bits per heavy atom. The zero-order valence-corrected chi connectivity index (χ0v) is 18.8. The predicted molar refractivity (Wildman–Crippen MR) is 122 cm³/mol. The van der Waals surface area contributed by atoms with Crippen molar-refractivity contribution in [2.75, 3.05) is 29.1 Å². The summed E-state index contributed by atoms with van der Waals surface area (Å²) in [6.45, 7) is 4.36. The number of carbonyl (C=O) groups excluding carboxylic acids is 3. The van der Waals surface area contributed by atoms with E-state index in [9.17, 15) is 19.6 Å². The van der Waals surface area contributed by atoms with Crippen LogP contribution in [0.4, 0.5) is 11.4 Å². The van der Waals surface area contributed by atoms with Crippen LogP contribution in [0.3, 0.4) is 0 Å². The monoisotopic (exact) mass is 452 g/mol. The van der Waals surface area contributed by atoms with E-state index in [2.05, 4.69) is 10.3 Å². The Hall–Kier alpha value is -3.38. The Balaban J connectivity index is 1.54. The van der Waals surface area contributed by atoms with Crippen LogP contribution in [0.15, 0.2) is 35.4 Å². The van der Waals surface area contributed by atoms with Gasteiger partial charge in [0.2, 0.25) is 11.8 Å². The molecule has 0 atom stereocenters. The third-order valence-corrected chi connectivity index (χ3v) is 5.89. The number of nitrogens with zero attached hydrogens (tertiary/aromatic N) is 3. The number of aryl methyl sites for hydroxylation is 1. The van der Waals surface area contributed by atoms with Gasteiger partial charge in [0.15, 0.2) is 0 Å². The standard InChI is InChI=1S/C23H24N4O4S/c1-3-31-23(30)19-13-16(14-24)22(25-15(19)2)32-12-10-20(28)26-17-6-8-18(9-7-17)27-11-4-5-21(27)29/h6-9,13H,3-5,10-12H2,1-2H3,(H,26,28). The first-order valence-electron chi connectivity index (χ1n) is 10.3. The average Bonchev–Trinajstić information content (AvgIpc) is 3.20. The molecule has 1 fully saturated rings. The van der Waals surface area contributed by atoms with Crippen LogP contribution in [-0.4, -0.2) is 41.7 Å². The van der Waals surface area contributed by atoms with Gasteiger partial charge in [-0.15, -0.1) is 11.8 Å². The lowest BCUT2D eigenvalue weighted by atomic mass is 10.1. The molecule has 2 heterocycles. The van der Waals surface area contributed by atoms with Crippen molar-refractivity contribution in [2.24, 2.45) is 0 Å². The normalized spacial score (nSPS) is 13.0. The average molecular weight is 453 g/mol. The summed E-state index contributed by atoms with van der Waals surface area (Å²) in [7, 11) is 0. The third-order valence-electron chi connectivity index (χ3n) is 4.90. The number of aromatic nitrogens is 1. The summed E-state index contributed by atoms with van der Waals surface area (Å²) in [5.41, 5.74) is 2.50. The molecule has 0 aliphatic carbocycles. The van der Waals surface area contributed by atoms with E-state index < -0.39 is 5.97 Å². The Morgan fingerprint density at radius 1 is 1.31 bits per heavy atom. The van der Waals surface area contributed by atoms with E-state index in [-0.39, 0.29) is 36.0 Å². The Labute approximate surface area is 191 Å². The summed E-state index contributed by atoms with van der Waals surface area (Å²) in [6.07, 6.45) is 1.66. The minimum Gasteiger partial charge on any atom is -0.462 e. The highest BCUT2D eigenvalue weighted by Gasteiger charge is 2.21. The van der Waals surface area contributed by atoms with Gasteiger partial charge >= 0.3 is 5.97 Å². The highest BCUT2D eigenvalue weighted by molar-refractivity contribution is 7.99. The molecule has 0 spiro atoms. The molecular weight excluding hydrogens is 428 g/mol. The number of nitrogens with one attached hydrogen (secondary N) is 1. The number of pyridine rings is 1. The van der Waals surface area contributed by atoms with Crippen LogP contribution in [0.2, 0.25) is 0 Å². The molecule has 0 radical (unpaired) electrons. The Morgan fingerprint density at radius 3 is 2.69 bits per heavy atom. The van der Waals surface area contributed by atoms with Gasteiger partial charge in [0.1, 0.15) is 11.1 Å². The van der Waals surface area contributed by atoms with Gasteiger partial charge in [0, 0.05) is 36.5 Å². The van der Waals surface area contributed by atoms with Crippen molar-refractivity contribution in [3.63, 3.8) is 0 Å². The van der Waals surface area contributed by atoms with Gasteiger partial charge in [-0.3, -0.25) is 9.59 Å². The number of ether oxygens (including phenoxy) is 1. The predicted octanol–water partition coefficient (Wildman–Crippen LogP) is 3.69. The molecule has 0 saturated carbocycles. The molecule has 1 N–H and O–H groups in total. The van der Waals surface area contributed by atoms with E-state index in [1.54, 1.807) is 30.9 Å². The molecule has 166 valence electrons. The van der Waals surface area contributed by atoms with Gasteiger partial charge in [-0.1, -0.05) is 0 Å². The lowest BCUT2D eigenvalue weighted by molar-refractivity contribution is -0.117. The summed E-state index contributed by atoms with van der Waals surface area (Å²) >= 11 is 1.29. The largest absolute Gasteiger partial charge is 0.462 e. The molecule has 1 aliphatic rings. The van der Waals surface area contributed by atoms with Crippen molar-refractivity contribution >= 4 is 40.9 Å². The second-order valence-electron chi connectivity index (χ2n) is 7.15. The molecule has 1 saturated heterocycles. The fraction of sp³-hybridized carbons (Fsp3) is 0.348. The van der Waals surface area contributed by atoms with Crippen LogP contribution in [0, 0.1) is 18.3 Å². The highest BCUT2D eigenvalue weighted by atomic mass is 32.2. The van der Waals surface area contributed by atoms with Crippen molar-refractivity contribution in [1.29, 1.82) is 5.26 Å². The summed E-state index contributed by atoms with van der Waals surface area (Å²) < 4.78 is 4.99. The van der Waals surface area contributed by atoms with Crippen molar-refractivity contribution < 1.29 is 19.1 Å². The van der Waals surface area contributed by atoms with E-state index in [0.717, 1.165) is 18.7 Å². The third kappa shape index (κ3) is 5.65. The van der Waals surface area contributed by atoms with Crippen LogP contribution in [0.25, 0.3) is 0 Å². The molecule has 3 rings (SSSR count). The van der Waals surface area contributed by atoms with Gasteiger partial charge in [-0.25, -0.2) is 9.78 Å². The number of esters is 1. The van der Waals surface area contributed by atoms with Gasteiger partial charge in [-0.05, 0) is 50.6 Å². The zero-order valence-electron chi connectivity index (χ0n) is 18.0. The van der Waals surface area contributed by atoms with E-state index in [1.807, 2.05) is 18.2 Å². The van der Waals surface area contributed by atoms with Gasteiger partial charge < -0.3 is 15.0 Å². The fourth-order valence-electron chi connectivity index (χ4n) is 3.30. The summed E-state index contributed by atoms with van der Waals surface area (Å²) in [5, 5.41) is 12.7. The number of thioether (sulfide) groups is 1. The van der Waals surface area contributed by atoms with E-state index in [1.165, 1.54) is 17.8 Å². The number of hydrogen-bond donors (Lipinski definition) is 1. The SMILES string of the molecule is CCOC(=O)c1cc(C#N)c(SCCC(=O)Nc2ccc(N3CCCC3=O)cc2)nc1C. The smallest absolute Gasteiger partial charge is 0.340 e. The molecule has 8 nitrogen and oxygen atoms in total. The first kappa shape index (κ1) is 23.3. The second kappa shape index (κ2) is 10.8. The fourth-order valence-corrected chi connectivity index (χ4v) is 4.24. The number of anilines is 2. The van der Waals surface area contributed by atoms with Crippen LogP contribution < -0.4 is 10.2 Å². The molecule has 0 bridgehead atoms. The number of amides is 2. The van der Waals surface area contributed by atoms with Crippen LogP contribution in [-0.2, 0) is 14.3 Å². The first-order valence-corrected chi connectivity index (χ1v) is 11.3. The minimum atomic E-state index is -0.509. The van der Waals surface area contributed by atoms with E-state index in [4.69, 9.17) is 4.74 Å². The summed E-state index contributed by atoms with van der Waals surface area (Å²) in [4.78, 5) is 42.2. The molecule has 32 heavy (non-hydrogen) atoms. The number of nitriles is 1. The van der Waals surface area contributed by atoms with E-state index >= 15 is 0 Å². The number of benzene rings is 1. The molecule has 2 amide bonds.